The summed E-state index contributed by atoms with van der Waals surface area (Å²) in [4.78, 5) is 26.1. The van der Waals surface area contributed by atoms with Gasteiger partial charge in [-0.3, -0.25) is 14.3 Å². The largest absolute Gasteiger partial charge is 0.452 e. The number of carbonyl (C=O) groups is 1. The number of aromatic nitrogens is 4. The van der Waals surface area contributed by atoms with Crippen molar-refractivity contribution < 1.29 is 13.9 Å². The van der Waals surface area contributed by atoms with Gasteiger partial charge in [0.2, 0.25) is 0 Å². The number of anilines is 1. The molecule has 5 aromatic rings. The van der Waals surface area contributed by atoms with Gasteiger partial charge in [0.1, 0.15) is 11.1 Å². The monoisotopic (exact) mass is 485 g/mol. The molecule has 0 aliphatic carbocycles. The minimum absolute atomic E-state index is 0.00618. The van der Waals surface area contributed by atoms with Crippen LogP contribution in [0.2, 0.25) is 0 Å². The van der Waals surface area contributed by atoms with Gasteiger partial charge in [-0.2, -0.15) is 5.10 Å². The van der Waals surface area contributed by atoms with Crippen molar-refractivity contribution in [2.45, 2.75) is 20.3 Å². The molecule has 0 atom stereocenters. The average molecular weight is 486 g/mol. The Morgan fingerprint density at radius 1 is 1.08 bits per heavy atom. The number of halogens is 1. The zero-order valence-electron chi connectivity index (χ0n) is 20.0. The minimum atomic E-state index is -0.654. The Kier molecular flexibility index (Phi) is 5.89. The van der Waals surface area contributed by atoms with E-state index in [4.69, 9.17) is 4.74 Å². The van der Waals surface area contributed by atoms with Crippen molar-refractivity contribution in [2.75, 3.05) is 5.32 Å². The molecule has 3 heterocycles. The molecule has 1 amide bonds. The number of nitrogens with zero attached hydrogens (tertiary/aromatic N) is 4. The molecular weight excluding hydrogens is 461 g/mol. The maximum Gasteiger partial charge on any atom is 0.284 e. The van der Waals surface area contributed by atoms with E-state index in [9.17, 15) is 14.0 Å². The summed E-state index contributed by atoms with van der Waals surface area (Å²) in [6.45, 7) is 3.71. The van der Waals surface area contributed by atoms with Crippen LogP contribution in [0.4, 0.5) is 10.1 Å². The first-order chi connectivity index (χ1) is 17.4. The first-order valence-electron chi connectivity index (χ1n) is 11.5. The highest BCUT2D eigenvalue weighted by Crippen LogP contribution is 2.31. The minimum Gasteiger partial charge on any atom is -0.452 e. The third-order valence-corrected chi connectivity index (χ3v) is 6.17. The predicted octanol–water partition coefficient (Wildman–Crippen LogP) is 4.88. The quantitative estimate of drug-likeness (QED) is 0.372. The van der Waals surface area contributed by atoms with Crippen LogP contribution in [-0.4, -0.2) is 24.9 Å². The standard InChI is InChI=1S/C27H24FN5O3/c1-4-18-13-15-32-25(18)23(12-14-29-32)36-22-11-10-19(16-21(22)28)30-26(34)24-17(2)31(3)33(27(24)35)20-8-6-5-7-9-20/h5-16H,4H2,1-3H3,(H,30,34). The first-order valence-corrected chi connectivity index (χ1v) is 11.5. The van der Waals surface area contributed by atoms with E-state index in [2.05, 4.69) is 10.4 Å². The number of para-hydroxylation sites is 1. The predicted molar refractivity (Wildman–Crippen MR) is 135 cm³/mol. The Labute approximate surface area is 206 Å². The van der Waals surface area contributed by atoms with E-state index in [1.165, 1.54) is 22.9 Å². The molecule has 36 heavy (non-hydrogen) atoms. The molecule has 0 aliphatic heterocycles. The summed E-state index contributed by atoms with van der Waals surface area (Å²) < 4.78 is 25.6. The van der Waals surface area contributed by atoms with Crippen molar-refractivity contribution in [3.8, 4) is 17.2 Å². The third kappa shape index (κ3) is 3.94. The van der Waals surface area contributed by atoms with Crippen LogP contribution >= 0.6 is 0 Å². The lowest BCUT2D eigenvalue weighted by Gasteiger charge is -2.11. The summed E-state index contributed by atoms with van der Waals surface area (Å²) in [7, 11) is 1.71. The fraction of sp³-hybridized carbons (Fsp3) is 0.148. The van der Waals surface area contributed by atoms with E-state index in [-0.39, 0.29) is 17.0 Å². The number of amides is 1. The van der Waals surface area contributed by atoms with Crippen molar-refractivity contribution >= 4 is 17.1 Å². The van der Waals surface area contributed by atoms with E-state index in [0.29, 0.717) is 17.1 Å². The van der Waals surface area contributed by atoms with Crippen molar-refractivity contribution in [1.82, 2.24) is 19.0 Å². The summed E-state index contributed by atoms with van der Waals surface area (Å²) in [5, 5.41) is 6.89. The highest BCUT2D eigenvalue weighted by molar-refractivity contribution is 6.05. The second-order valence-corrected chi connectivity index (χ2v) is 8.32. The molecule has 182 valence electrons. The van der Waals surface area contributed by atoms with Gasteiger partial charge in [-0.15, -0.1) is 0 Å². The van der Waals surface area contributed by atoms with E-state index in [1.807, 2.05) is 37.4 Å². The highest BCUT2D eigenvalue weighted by Gasteiger charge is 2.22. The first kappa shape index (κ1) is 23.1. The molecule has 3 aromatic heterocycles. The normalized spacial score (nSPS) is 11.1. The number of ether oxygens (including phenoxy) is 1. The van der Waals surface area contributed by atoms with Crippen LogP contribution in [0, 0.1) is 12.7 Å². The lowest BCUT2D eigenvalue weighted by atomic mass is 10.2. The van der Waals surface area contributed by atoms with Gasteiger partial charge in [-0.25, -0.2) is 13.6 Å². The number of hydrogen-bond acceptors (Lipinski definition) is 4. The second-order valence-electron chi connectivity index (χ2n) is 8.32. The number of hydrogen-bond donors (Lipinski definition) is 1. The number of carbonyl (C=O) groups excluding carboxylic acids is 1. The van der Waals surface area contributed by atoms with Crippen molar-refractivity contribution in [2.24, 2.45) is 7.05 Å². The summed E-state index contributed by atoms with van der Waals surface area (Å²) in [6, 6.07) is 16.8. The van der Waals surface area contributed by atoms with Gasteiger partial charge in [-0.1, -0.05) is 25.1 Å². The summed E-state index contributed by atoms with van der Waals surface area (Å²) >= 11 is 0. The maximum absolute atomic E-state index is 15.0. The van der Waals surface area contributed by atoms with Gasteiger partial charge < -0.3 is 10.1 Å². The fourth-order valence-electron chi connectivity index (χ4n) is 4.25. The maximum atomic E-state index is 15.0. The Balaban J connectivity index is 1.41. The van der Waals surface area contributed by atoms with Crippen LogP contribution in [0.3, 0.4) is 0 Å². The number of nitrogens with one attached hydrogen (secondary N) is 1. The van der Waals surface area contributed by atoms with Gasteiger partial charge in [0, 0.05) is 31.1 Å². The number of rotatable bonds is 6. The molecule has 0 radical (unpaired) electrons. The van der Waals surface area contributed by atoms with Gasteiger partial charge in [0.15, 0.2) is 17.3 Å². The second kappa shape index (κ2) is 9.18. The number of fused-ring (bicyclic) bond motifs is 1. The van der Waals surface area contributed by atoms with E-state index in [0.717, 1.165) is 17.5 Å². The van der Waals surface area contributed by atoms with Gasteiger partial charge in [-0.05, 0) is 49.2 Å². The summed E-state index contributed by atoms with van der Waals surface area (Å²) in [6.07, 6.45) is 4.18. The van der Waals surface area contributed by atoms with E-state index >= 15 is 0 Å². The zero-order chi connectivity index (χ0) is 25.4. The molecule has 2 aromatic carbocycles. The van der Waals surface area contributed by atoms with Crippen molar-refractivity contribution in [3.05, 3.63) is 106 Å². The van der Waals surface area contributed by atoms with Crippen molar-refractivity contribution in [1.29, 1.82) is 0 Å². The van der Waals surface area contributed by atoms with Crippen LogP contribution in [0.1, 0.15) is 28.5 Å². The smallest absolute Gasteiger partial charge is 0.284 e. The topological polar surface area (TPSA) is 82.6 Å². The summed E-state index contributed by atoms with van der Waals surface area (Å²) in [5.41, 5.74) is 2.66. The Bertz CT molecular complexity index is 1650. The molecule has 0 saturated heterocycles. The van der Waals surface area contributed by atoms with Crippen LogP contribution < -0.4 is 15.6 Å². The molecule has 0 unspecified atom stereocenters. The Morgan fingerprint density at radius 2 is 1.86 bits per heavy atom. The summed E-state index contributed by atoms with van der Waals surface area (Å²) in [5.74, 6) is -0.790. The zero-order valence-corrected chi connectivity index (χ0v) is 20.0. The third-order valence-electron chi connectivity index (χ3n) is 6.17. The molecule has 0 aliphatic rings. The van der Waals surface area contributed by atoms with Crippen LogP contribution in [0.5, 0.6) is 11.5 Å². The molecule has 5 rings (SSSR count). The van der Waals surface area contributed by atoms with Crippen LogP contribution in [-0.2, 0) is 13.5 Å². The number of aryl methyl sites for hydroxylation is 1. The van der Waals surface area contributed by atoms with Crippen LogP contribution in [0.25, 0.3) is 11.2 Å². The van der Waals surface area contributed by atoms with Crippen molar-refractivity contribution in [3.63, 3.8) is 0 Å². The number of benzene rings is 2. The Hall–Kier alpha value is -4.66. The van der Waals surface area contributed by atoms with E-state index in [1.54, 1.807) is 47.6 Å². The van der Waals surface area contributed by atoms with Gasteiger partial charge in [0.05, 0.1) is 17.6 Å². The van der Waals surface area contributed by atoms with Crippen LogP contribution in [0.15, 0.2) is 77.9 Å². The lowest BCUT2D eigenvalue weighted by Crippen LogP contribution is -2.25. The molecule has 0 spiro atoms. The van der Waals surface area contributed by atoms with E-state index < -0.39 is 17.3 Å². The Morgan fingerprint density at radius 3 is 2.58 bits per heavy atom. The average Bonchev–Trinajstić information content (AvgIpc) is 3.39. The molecule has 0 bridgehead atoms. The van der Waals surface area contributed by atoms with Gasteiger partial charge in [0.25, 0.3) is 11.5 Å². The molecular formula is C27H24FN5O3. The molecule has 0 saturated carbocycles. The highest BCUT2D eigenvalue weighted by atomic mass is 19.1. The van der Waals surface area contributed by atoms with Gasteiger partial charge >= 0.3 is 0 Å². The lowest BCUT2D eigenvalue weighted by molar-refractivity contribution is 0.102. The molecule has 9 heteroatoms. The SMILES string of the molecule is CCc1ccn2nccc(Oc3ccc(NC(=O)c4c(C)n(C)n(-c5ccccc5)c4=O)cc3F)c12. The molecule has 8 nitrogen and oxygen atoms in total. The fourth-order valence-corrected chi connectivity index (χ4v) is 4.25. The molecule has 1 N–H and O–H groups in total. The molecule has 0 fully saturated rings.